The van der Waals surface area contributed by atoms with E-state index in [1.807, 2.05) is 11.9 Å². The van der Waals surface area contributed by atoms with Gasteiger partial charge >= 0.3 is 0 Å². The number of hydrogen-bond acceptors (Lipinski definition) is 3. The smallest absolute Gasteiger partial charge is 0.269 e. The molecule has 0 aromatic heterocycles. The van der Waals surface area contributed by atoms with Crippen molar-refractivity contribution >= 4 is 22.6 Å². The number of nitro benzene ring substituents is 1. The number of hydrogen-bond donors (Lipinski definition) is 0. The predicted octanol–water partition coefficient (Wildman–Crippen LogP) is 5.96. The van der Waals surface area contributed by atoms with Gasteiger partial charge in [-0.2, -0.15) is 0 Å². The molecule has 0 unspecified atom stereocenters. The van der Waals surface area contributed by atoms with Gasteiger partial charge in [0.2, 0.25) is 0 Å². The SMILES string of the molecule is CN(c1ccc(C2=CCC(C)(C)CC2)cc1)c1ccc([N+](=O)[O-])cc1. The minimum Gasteiger partial charge on any atom is -0.345 e. The maximum absolute atomic E-state index is 10.8. The summed E-state index contributed by atoms with van der Waals surface area (Å²) in [5.41, 5.74) is 5.24. The van der Waals surface area contributed by atoms with Crippen molar-refractivity contribution in [2.45, 2.75) is 33.1 Å². The molecule has 0 atom stereocenters. The zero-order chi connectivity index (χ0) is 18.0. The van der Waals surface area contributed by atoms with Crippen molar-refractivity contribution < 1.29 is 4.92 Å². The van der Waals surface area contributed by atoms with Gasteiger partial charge in [-0.3, -0.25) is 10.1 Å². The average molecular weight is 336 g/mol. The summed E-state index contributed by atoms with van der Waals surface area (Å²) in [5.74, 6) is 0. The van der Waals surface area contributed by atoms with Gasteiger partial charge in [-0.05, 0) is 60.1 Å². The first-order valence-electron chi connectivity index (χ1n) is 8.63. The van der Waals surface area contributed by atoms with Crippen molar-refractivity contribution in [3.63, 3.8) is 0 Å². The number of benzene rings is 2. The summed E-state index contributed by atoms with van der Waals surface area (Å²) in [6.07, 6.45) is 5.86. The van der Waals surface area contributed by atoms with Gasteiger partial charge in [0.05, 0.1) is 4.92 Å². The van der Waals surface area contributed by atoms with E-state index >= 15 is 0 Å². The fourth-order valence-corrected chi connectivity index (χ4v) is 3.19. The van der Waals surface area contributed by atoms with Gasteiger partial charge in [0.25, 0.3) is 5.69 Å². The van der Waals surface area contributed by atoms with Crippen LogP contribution in [0.1, 0.15) is 38.7 Å². The Kier molecular flexibility index (Phi) is 4.62. The van der Waals surface area contributed by atoms with E-state index in [0.29, 0.717) is 5.41 Å². The molecule has 0 N–H and O–H groups in total. The van der Waals surface area contributed by atoms with E-state index < -0.39 is 0 Å². The highest BCUT2D eigenvalue weighted by molar-refractivity contribution is 5.70. The molecular formula is C21H24N2O2. The van der Waals surface area contributed by atoms with Crippen LogP contribution in [0.3, 0.4) is 0 Å². The first-order chi connectivity index (χ1) is 11.9. The summed E-state index contributed by atoms with van der Waals surface area (Å²) >= 11 is 0. The molecule has 4 nitrogen and oxygen atoms in total. The van der Waals surface area contributed by atoms with Crippen LogP contribution in [-0.4, -0.2) is 12.0 Å². The lowest BCUT2D eigenvalue weighted by atomic mass is 9.77. The van der Waals surface area contributed by atoms with E-state index in [4.69, 9.17) is 0 Å². The van der Waals surface area contributed by atoms with Crippen molar-refractivity contribution in [2.24, 2.45) is 5.41 Å². The molecule has 0 saturated carbocycles. The summed E-state index contributed by atoms with van der Waals surface area (Å²) in [5, 5.41) is 10.8. The third kappa shape index (κ3) is 3.90. The first kappa shape index (κ1) is 17.2. The molecule has 1 aliphatic carbocycles. The summed E-state index contributed by atoms with van der Waals surface area (Å²) in [6, 6.07) is 15.2. The average Bonchev–Trinajstić information content (AvgIpc) is 2.61. The Bertz CT molecular complexity index is 790. The highest BCUT2D eigenvalue weighted by Gasteiger charge is 2.21. The van der Waals surface area contributed by atoms with Crippen LogP contribution in [0, 0.1) is 15.5 Å². The van der Waals surface area contributed by atoms with Crippen LogP contribution in [0.2, 0.25) is 0 Å². The van der Waals surface area contributed by atoms with E-state index in [0.717, 1.165) is 24.2 Å². The number of non-ortho nitro benzene ring substituents is 1. The maximum Gasteiger partial charge on any atom is 0.269 e. The van der Waals surface area contributed by atoms with Crippen LogP contribution in [0.15, 0.2) is 54.6 Å². The molecule has 0 bridgehead atoms. The topological polar surface area (TPSA) is 46.4 Å². The van der Waals surface area contributed by atoms with Crippen molar-refractivity contribution in [3.05, 3.63) is 70.3 Å². The largest absolute Gasteiger partial charge is 0.345 e. The van der Waals surface area contributed by atoms with Gasteiger partial charge in [-0.1, -0.05) is 32.1 Å². The van der Waals surface area contributed by atoms with Gasteiger partial charge < -0.3 is 4.90 Å². The quantitative estimate of drug-likeness (QED) is 0.511. The first-order valence-corrected chi connectivity index (χ1v) is 8.63. The monoisotopic (exact) mass is 336 g/mol. The third-order valence-electron chi connectivity index (χ3n) is 5.05. The van der Waals surface area contributed by atoms with E-state index in [-0.39, 0.29) is 10.6 Å². The van der Waals surface area contributed by atoms with Crippen molar-refractivity contribution in [2.75, 3.05) is 11.9 Å². The summed E-state index contributed by atoms with van der Waals surface area (Å²) in [7, 11) is 1.97. The second-order valence-corrected chi connectivity index (χ2v) is 7.48. The Morgan fingerprint density at radius 1 is 1.00 bits per heavy atom. The highest BCUT2D eigenvalue weighted by atomic mass is 16.6. The molecule has 2 aromatic rings. The fraction of sp³-hybridized carbons (Fsp3) is 0.333. The second kappa shape index (κ2) is 6.71. The number of nitrogens with zero attached hydrogens (tertiary/aromatic N) is 2. The van der Waals surface area contributed by atoms with Crippen LogP contribution in [0.25, 0.3) is 5.57 Å². The molecule has 4 heteroatoms. The fourth-order valence-electron chi connectivity index (χ4n) is 3.19. The van der Waals surface area contributed by atoms with Gasteiger partial charge in [0, 0.05) is 30.6 Å². The van der Waals surface area contributed by atoms with Gasteiger partial charge in [0.15, 0.2) is 0 Å². The molecule has 0 amide bonds. The third-order valence-corrected chi connectivity index (χ3v) is 5.05. The molecular weight excluding hydrogens is 312 g/mol. The second-order valence-electron chi connectivity index (χ2n) is 7.48. The molecule has 2 aromatic carbocycles. The lowest BCUT2D eigenvalue weighted by Crippen LogP contribution is -2.14. The van der Waals surface area contributed by atoms with Crippen LogP contribution >= 0.6 is 0 Å². The van der Waals surface area contributed by atoms with Crippen molar-refractivity contribution in [3.8, 4) is 0 Å². The number of rotatable bonds is 4. The molecule has 0 saturated heterocycles. The minimum absolute atomic E-state index is 0.111. The Morgan fingerprint density at radius 3 is 2.04 bits per heavy atom. The van der Waals surface area contributed by atoms with Crippen LogP contribution in [0.5, 0.6) is 0 Å². The molecule has 0 radical (unpaired) electrons. The van der Waals surface area contributed by atoms with Crippen molar-refractivity contribution in [1.29, 1.82) is 0 Å². The number of allylic oxidation sites excluding steroid dienone is 2. The molecule has 0 aliphatic heterocycles. The Labute approximate surface area is 148 Å². The van der Waals surface area contributed by atoms with E-state index in [2.05, 4.69) is 44.2 Å². The lowest BCUT2D eigenvalue weighted by molar-refractivity contribution is -0.384. The van der Waals surface area contributed by atoms with Crippen LogP contribution in [0.4, 0.5) is 17.1 Å². The predicted molar refractivity (Wildman–Crippen MR) is 103 cm³/mol. The Balaban J connectivity index is 1.75. The highest BCUT2D eigenvalue weighted by Crippen LogP contribution is 2.38. The van der Waals surface area contributed by atoms with Gasteiger partial charge in [-0.15, -0.1) is 0 Å². The Morgan fingerprint density at radius 2 is 1.56 bits per heavy atom. The molecule has 0 heterocycles. The molecule has 25 heavy (non-hydrogen) atoms. The summed E-state index contributed by atoms with van der Waals surface area (Å²) in [4.78, 5) is 12.4. The standard InChI is InChI=1S/C21H24N2O2/c1-21(2)14-12-17(13-15-21)16-4-6-18(7-5-16)22(3)19-8-10-20(11-9-19)23(24)25/h4-12H,13-15H2,1-3H3. The molecule has 3 rings (SSSR count). The summed E-state index contributed by atoms with van der Waals surface area (Å²) < 4.78 is 0. The number of anilines is 2. The van der Waals surface area contributed by atoms with E-state index in [1.54, 1.807) is 12.1 Å². The van der Waals surface area contributed by atoms with Gasteiger partial charge in [-0.25, -0.2) is 0 Å². The van der Waals surface area contributed by atoms with Crippen LogP contribution < -0.4 is 4.90 Å². The molecule has 1 aliphatic rings. The molecule has 0 fully saturated rings. The zero-order valence-electron chi connectivity index (χ0n) is 15.0. The summed E-state index contributed by atoms with van der Waals surface area (Å²) in [6.45, 7) is 4.64. The Hall–Kier alpha value is -2.62. The minimum atomic E-state index is -0.377. The maximum atomic E-state index is 10.8. The lowest BCUT2D eigenvalue weighted by Gasteiger charge is -2.29. The van der Waals surface area contributed by atoms with Gasteiger partial charge in [0.1, 0.15) is 0 Å². The molecule has 130 valence electrons. The normalized spacial score (nSPS) is 16.2. The zero-order valence-corrected chi connectivity index (χ0v) is 15.0. The van der Waals surface area contributed by atoms with Crippen molar-refractivity contribution in [1.82, 2.24) is 0 Å². The molecule has 0 spiro atoms. The van der Waals surface area contributed by atoms with E-state index in [9.17, 15) is 10.1 Å². The number of nitro groups is 1. The van der Waals surface area contributed by atoms with Crippen LogP contribution in [-0.2, 0) is 0 Å². The van der Waals surface area contributed by atoms with E-state index in [1.165, 1.54) is 29.7 Å².